The third kappa shape index (κ3) is 2.14. The first kappa shape index (κ1) is 10.1. The average Bonchev–Trinajstić information content (AvgIpc) is 2.68. The lowest BCUT2D eigenvalue weighted by molar-refractivity contribution is -0.0614. The number of benzene rings is 1. The molecule has 15 heavy (non-hydrogen) atoms. The van der Waals surface area contributed by atoms with E-state index in [1.54, 1.807) is 18.2 Å². The van der Waals surface area contributed by atoms with E-state index in [2.05, 4.69) is 0 Å². The van der Waals surface area contributed by atoms with E-state index in [9.17, 15) is 4.39 Å². The van der Waals surface area contributed by atoms with Crippen molar-refractivity contribution in [1.82, 2.24) is 0 Å². The van der Waals surface area contributed by atoms with Crippen molar-refractivity contribution in [2.75, 3.05) is 6.61 Å². The van der Waals surface area contributed by atoms with Gasteiger partial charge in [0.1, 0.15) is 5.82 Å². The van der Waals surface area contributed by atoms with Crippen LogP contribution in [0.15, 0.2) is 24.3 Å². The molecule has 2 atom stereocenters. The first-order valence-corrected chi connectivity index (χ1v) is 4.69. The van der Waals surface area contributed by atoms with Crippen LogP contribution in [0, 0.1) is 17.1 Å². The van der Waals surface area contributed by atoms with Crippen molar-refractivity contribution in [3.8, 4) is 6.07 Å². The van der Waals surface area contributed by atoms with Gasteiger partial charge in [0, 0.05) is 5.56 Å². The molecule has 1 saturated heterocycles. The van der Waals surface area contributed by atoms with Crippen LogP contribution in [0.25, 0.3) is 0 Å². The lowest BCUT2D eigenvalue weighted by Gasteiger charge is -2.10. The molecule has 1 aromatic rings. The molecule has 0 saturated carbocycles. The molecule has 1 aliphatic rings. The summed E-state index contributed by atoms with van der Waals surface area (Å²) in [7, 11) is 0. The van der Waals surface area contributed by atoms with Gasteiger partial charge in [0.15, 0.2) is 6.29 Å². The topological polar surface area (TPSA) is 42.2 Å². The molecule has 0 aliphatic carbocycles. The van der Waals surface area contributed by atoms with Crippen LogP contribution in [0.3, 0.4) is 0 Å². The van der Waals surface area contributed by atoms with Gasteiger partial charge in [-0.2, -0.15) is 5.26 Å². The molecule has 0 aromatic heterocycles. The quantitative estimate of drug-likeness (QED) is 0.746. The molecule has 78 valence electrons. The lowest BCUT2D eigenvalue weighted by Crippen LogP contribution is -2.08. The Kier molecular flexibility index (Phi) is 2.95. The number of halogens is 1. The molecule has 3 nitrogen and oxygen atoms in total. The zero-order valence-electron chi connectivity index (χ0n) is 8.02. The third-order valence-electron chi connectivity index (χ3n) is 2.23. The SMILES string of the molecule is N#CCC1COC(c2ccccc2F)O1. The highest BCUT2D eigenvalue weighted by molar-refractivity contribution is 5.19. The van der Waals surface area contributed by atoms with Crippen LogP contribution in [-0.2, 0) is 9.47 Å². The van der Waals surface area contributed by atoms with Crippen LogP contribution < -0.4 is 0 Å². The summed E-state index contributed by atoms with van der Waals surface area (Å²) >= 11 is 0. The van der Waals surface area contributed by atoms with E-state index >= 15 is 0 Å². The molecule has 4 heteroatoms. The van der Waals surface area contributed by atoms with Gasteiger partial charge < -0.3 is 9.47 Å². The minimum absolute atomic E-state index is 0.250. The van der Waals surface area contributed by atoms with Gasteiger partial charge in [0.25, 0.3) is 0 Å². The largest absolute Gasteiger partial charge is 0.346 e. The normalized spacial score (nSPS) is 25.1. The molecule has 0 spiro atoms. The Balaban J connectivity index is 2.08. The van der Waals surface area contributed by atoms with Crippen molar-refractivity contribution in [2.45, 2.75) is 18.8 Å². The number of nitrogens with zero attached hydrogens (tertiary/aromatic N) is 1. The molecule has 1 heterocycles. The molecule has 0 N–H and O–H groups in total. The van der Waals surface area contributed by atoms with E-state index in [1.807, 2.05) is 6.07 Å². The highest BCUT2D eigenvalue weighted by Gasteiger charge is 2.28. The monoisotopic (exact) mass is 207 g/mol. The summed E-state index contributed by atoms with van der Waals surface area (Å²) < 4.78 is 24.0. The number of hydrogen-bond donors (Lipinski definition) is 0. The van der Waals surface area contributed by atoms with E-state index in [0.29, 0.717) is 12.2 Å². The fraction of sp³-hybridized carbons (Fsp3) is 0.364. The lowest BCUT2D eigenvalue weighted by atomic mass is 10.2. The molecule has 0 bridgehead atoms. The molecule has 1 fully saturated rings. The second kappa shape index (κ2) is 4.39. The maximum atomic E-state index is 13.3. The predicted octanol–water partition coefficient (Wildman–Crippen LogP) is 2.15. The van der Waals surface area contributed by atoms with Crippen molar-refractivity contribution in [3.63, 3.8) is 0 Å². The van der Waals surface area contributed by atoms with Crippen LogP contribution in [0.1, 0.15) is 18.3 Å². The van der Waals surface area contributed by atoms with Crippen molar-refractivity contribution in [2.24, 2.45) is 0 Å². The van der Waals surface area contributed by atoms with Crippen LogP contribution in [0.5, 0.6) is 0 Å². The number of ether oxygens (including phenoxy) is 2. The van der Waals surface area contributed by atoms with Gasteiger partial charge in [-0.25, -0.2) is 4.39 Å². The average molecular weight is 207 g/mol. The first-order valence-electron chi connectivity index (χ1n) is 4.69. The Morgan fingerprint density at radius 2 is 2.27 bits per heavy atom. The Hall–Kier alpha value is -1.44. The predicted molar refractivity (Wildman–Crippen MR) is 50.2 cm³/mol. The summed E-state index contributed by atoms with van der Waals surface area (Å²) in [4.78, 5) is 0. The first-order chi connectivity index (χ1) is 7.31. The van der Waals surface area contributed by atoms with E-state index < -0.39 is 6.29 Å². The minimum Gasteiger partial charge on any atom is -0.346 e. The van der Waals surface area contributed by atoms with Crippen LogP contribution in [-0.4, -0.2) is 12.7 Å². The highest BCUT2D eigenvalue weighted by atomic mass is 19.1. The summed E-state index contributed by atoms with van der Waals surface area (Å²) in [5, 5.41) is 8.48. The zero-order valence-corrected chi connectivity index (χ0v) is 8.02. The Morgan fingerprint density at radius 3 is 3.00 bits per heavy atom. The second-order valence-electron chi connectivity index (χ2n) is 3.31. The van der Waals surface area contributed by atoms with Gasteiger partial charge in [-0.1, -0.05) is 18.2 Å². The van der Waals surface area contributed by atoms with Crippen LogP contribution in [0.4, 0.5) is 4.39 Å². The number of nitriles is 1. The van der Waals surface area contributed by atoms with Gasteiger partial charge in [0.05, 0.1) is 25.2 Å². The molecule has 2 unspecified atom stereocenters. The van der Waals surface area contributed by atoms with Crippen molar-refractivity contribution < 1.29 is 13.9 Å². The third-order valence-corrected chi connectivity index (χ3v) is 2.23. The van der Waals surface area contributed by atoms with Crippen LogP contribution >= 0.6 is 0 Å². The Morgan fingerprint density at radius 1 is 1.47 bits per heavy atom. The van der Waals surface area contributed by atoms with Gasteiger partial charge >= 0.3 is 0 Å². The second-order valence-corrected chi connectivity index (χ2v) is 3.31. The fourth-order valence-corrected chi connectivity index (χ4v) is 1.49. The molecule has 0 radical (unpaired) electrons. The van der Waals surface area contributed by atoms with E-state index in [-0.39, 0.29) is 18.3 Å². The Bertz CT molecular complexity index is 388. The molecule has 1 aromatic carbocycles. The number of hydrogen-bond acceptors (Lipinski definition) is 3. The summed E-state index contributed by atoms with van der Waals surface area (Å²) in [6.07, 6.45) is -0.658. The zero-order chi connectivity index (χ0) is 10.7. The molecular formula is C11H10FNO2. The van der Waals surface area contributed by atoms with E-state index in [1.165, 1.54) is 6.07 Å². The van der Waals surface area contributed by atoms with Gasteiger partial charge in [-0.3, -0.25) is 0 Å². The Labute approximate surface area is 87.0 Å². The van der Waals surface area contributed by atoms with Gasteiger partial charge in [0.2, 0.25) is 0 Å². The van der Waals surface area contributed by atoms with E-state index in [4.69, 9.17) is 14.7 Å². The molecule has 0 amide bonds. The van der Waals surface area contributed by atoms with E-state index in [0.717, 1.165) is 0 Å². The standard InChI is InChI=1S/C11H10FNO2/c12-10-4-2-1-3-9(10)11-14-7-8(15-11)5-6-13/h1-4,8,11H,5,7H2. The van der Waals surface area contributed by atoms with Crippen molar-refractivity contribution in [1.29, 1.82) is 5.26 Å². The van der Waals surface area contributed by atoms with Crippen LogP contribution in [0.2, 0.25) is 0 Å². The maximum Gasteiger partial charge on any atom is 0.187 e. The summed E-state index contributed by atoms with van der Waals surface area (Å²) in [5.74, 6) is -0.347. The number of rotatable bonds is 2. The molecule has 1 aliphatic heterocycles. The minimum atomic E-state index is -0.676. The van der Waals surface area contributed by atoms with Gasteiger partial charge in [-0.05, 0) is 6.07 Å². The highest BCUT2D eigenvalue weighted by Crippen LogP contribution is 2.29. The maximum absolute atomic E-state index is 13.3. The molecular weight excluding hydrogens is 197 g/mol. The smallest absolute Gasteiger partial charge is 0.187 e. The van der Waals surface area contributed by atoms with Crippen molar-refractivity contribution in [3.05, 3.63) is 35.6 Å². The summed E-state index contributed by atoms with van der Waals surface area (Å²) in [6, 6.07) is 8.31. The summed E-state index contributed by atoms with van der Waals surface area (Å²) in [6.45, 7) is 0.340. The van der Waals surface area contributed by atoms with Gasteiger partial charge in [-0.15, -0.1) is 0 Å². The molecule has 2 rings (SSSR count). The van der Waals surface area contributed by atoms with Crippen molar-refractivity contribution >= 4 is 0 Å². The fourth-order valence-electron chi connectivity index (χ4n) is 1.49. The summed E-state index contributed by atoms with van der Waals surface area (Å²) in [5.41, 5.74) is 0.387.